The highest BCUT2D eigenvalue weighted by molar-refractivity contribution is 7.14. The molecule has 0 unspecified atom stereocenters. The van der Waals surface area contributed by atoms with Crippen LogP contribution in [0.25, 0.3) is 6.08 Å². The summed E-state index contributed by atoms with van der Waals surface area (Å²) >= 11 is 7.21. The number of hydrogen-bond acceptors (Lipinski definition) is 4. The maximum Gasteiger partial charge on any atom is 0.272 e. The van der Waals surface area contributed by atoms with Crippen LogP contribution in [-0.2, 0) is 9.59 Å². The van der Waals surface area contributed by atoms with Gasteiger partial charge in [-0.25, -0.2) is 0 Å². The van der Waals surface area contributed by atoms with Crippen LogP contribution >= 0.6 is 22.9 Å². The molecule has 0 aliphatic carbocycles. The van der Waals surface area contributed by atoms with Gasteiger partial charge < -0.3 is 5.32 Å². The smallest absolute Gasteiger partial charge is 0.272 e. The highest BCUT2D eigenvalue weighted by Crippen LogP contribution is 2.23. The van der Waals surface area contributed by atoms with Crippen LogP contribution in [0.3, 0.4) is 0 Å². The van der Waals surface area contributed by atoms with Gasteiger partial charge in [0.2, 0.25) is 11.8 Å². The summed E-state index contributed by atoms with van der Waals surface area (Å²) in [6, 6.07) is 8.67. The van der Waals surface area contributed by atoms with Crippen molar-refractivity contribution in [3.8, 4) is 0 Å². The van der Waals surface area contributed by atoms with Gasteiger partial charge >= 0.3 is 0 Å². The molecule has 3 amide bonds. The Morgan fingerprint density at radius 1 is 1.12 bits per heavy atom. The van der Waals surface area contributed by atoms with E-state index in [9.17, 15) is 14.4 Å². The number of carbonyl (C=O) groups excluding carboxylic acids is 3. The second-order valence-electron chi connectivity index (χ2n) is 4.64. The molecule has 0 aliphatic heterocycles. The van der Waals surface area contributed by atoms with E-state index in [0.717, 1.165) is 0 Å². The highest BCUT2D eigenvalue weighted by atomic mass is 35.5. The van der Waals surface area contributed by atoms with Crippen LogP contribution in [0.15, 0.2) is 41.8 Å². The molecule has 0 fully saturated rings. The van der Waals surface area contributed by atoms with Crippen LogP contribution in [0.2, 0.25) is 5.02 Å². The van der Waals surface area contributed by atoms with E-state index in [-0.39, 0.29) is 5.56 Å². The summed E-state index contributed by atoms with van der Waals surface area (Å²) in [5.74, 6) is -1.31. The van der Waals surface area contributed by atoms with Crippen LogP contribution in [0.5, 0.6) is 0 Å². The molecule has 6 nitrogen and oxygen atoms in total. The van der Waals surface area contributed by atoms with E-state index >= 15 is 0 Å². The largest absolute Gasteiger partial charge is 0.313 e. The summed E-state index contributed by atoms with van der Waals surface area (Å²) in [6.45, 7) is 1.27. The molecule has 0 radical (unpaired) electrons. The SMILES string of the molecule is CC(=O)NNC(=O)c1ccsc1NC(=O)C=Cc1ccccc1Cl. The van der Waals surface area contributed by atoms with Crippen molar-refractivity contribution in [1.29, 1.82) is 0 Å². The Labute approximate surface area is 147 Å². The van der Waals surface area contributed by atoms with Crippen LogP contribution in [0, 0.1) is 0 Å². The molecule has 1 aromatic heterocycles. The molecule has 2 aromatic rings. The number of thiophene rings is 1. The maximum absolute atomic E-state index is 12.0. The molecule has 3 N–H and O–H groups in total. The predicted molar refractivity (Wildman–Crippen MR) is 94.7 cm³/mol. The van der Waals surface area contributed by atoms with Gasteiger partial charge in [0.25, 0.3) is 5.91 Å². The van der Waals surface area contributed by atoms with Crippen molar-refractivity contribution in [1.82, 2.24) is 10.9 Å². The van der Waals surface area contributed by atoms with Gasteiger partial charge in [-0.2, -0.15) is 0 Å². The minimum atomic E-state index is -0.517. The van der Waals surface area contributed by atoms with Crippen molar-refractivity contribution in [3.05, 3.63) is 57.9 Å². The molecule has 1 heterocycles. The van der Waals surface area contributed by atoms with E-state index in [0.29, 0.717) is 15.6 Å². The average Bonchev–Trinajstić information content (AvgIpc) is 3.00. The quantitative estimate of drug-likeness (QED) is 0.576. The zero-order chi connectivity index (χ0) is 17.5. The molecule has 8 heteroatoms. The third-order valence-electron chi connectivity index (χ3n) is 2.82. The number of benzene rings is 1. The zero-order valence-corrected chi connectivity index (χ0v) is 14.2. The van der Waals surface area contributed by atoms with E-state index in [1.54, 1.807) is 35.7 Å². The fourth-order valence-electron chi connectivity index (χ4n) is 1.73. The number of hydrazine groups is 1. The van der Waals surface area contributed by atoms with Crippen LogP contribution in [0.4, 0.5) is 5.00 Å². The van der Waals surface area contributed by atoms with Crippen molar-refractivity contribution in [2.24, 2.45) is 0 Å². The Balaban J connectivity index is 2.02. The van der Waals surface area contributed by atoms with Gasteiger partial charge in [0.15, 0.2) is 0 Å². The van der Waals surface area contributed by atoms with Gasteiger partial charge in [0.1, 0.15) is 5.00 Å². The number of amides is 3. The number of carbonyl (C=O) groups is 3. The fourth-order valence-corrected chi connectivity index (χ4v) is 2.71. The minimum Gasteiger partial charge on any atom is -0.313 e. The van der Waals surface area contributed by atoms with Gasteiger partial charge in [-0.15, -0.1) is 11.3 Å². The Kier molecular flexibility index (Phi) is 6.11. The molecule has 0 spiro atoms. The van der Waals surface area contributed by atoms with Crippen molar-refractivity contribution < 1.29 is 14.4 Å². The zero-order valence-electron chi connectivity index (χ0n) is 12.6. The predicted octanol–water partition coefficient (Wildman–Crippen LogP) is 2.83. The van der Waals surface area contributed by atoms with E-state index in [2.05, 4.69) is 16.2 Å². The third-order valence-corrected chi connectivity index (χ3v) is 3.99. The second-order valence-corrected chi connectivity index (χ2v) is 5.97. The Bertz CT molecular complexity index is 801. The summed E-state index contributed by atoms with van der Waals surface area (Å²) in [6.07, 6.45) is 2.92. The van der Waals surface area contributed by atoms with Crippen LogP contribution < -0.4 is 16.2 Å². The Morgan fingerprint density at radius 2 is 1.88 bits per heavy atom. The van der Waals surface area contributed by atoms with E-state index in [4.69, 9.17) is 11.6 Å². The molecular formula is C16H14ClN3O3S. The van der Waals surface area contributed by atoms with Crippen LogP contribution in [-0.4, -0.2) is 17.7 Å². The first-order valence-electron chi connectivity index (χ1n) is 6.85. The van der Waals surface area contributed by atoms with Gasteiger partial charge in [0, 0.05) is 18.0 Å². The van der Waals surface area contributed by atoms with Gasteiger partial charge in [-0.1, -0.05) is 29.8 Å². The Hall–Kier alpha value is -2.64. The summed E-state index contributed by atoms with van der Waals surface area (Å²) in [7, 11) is 0. The first kappa shape index (κ1) is 17.7. The molecule has 24 heavy (non-hydrogen) atoms. The molecule has 0 saturated heterocycles. The lowest BCUT2D eigenvalue weighted by Gasteiger charge is -2.06. The number of rotatable bonds is 4. The lowest BCUT2D eigenvalue weighted by atomic mass is 10.2. The van der Waals surface area contributed by atoms with Gasteiger partial charge in [0.05, 0.1) is 5.56 Å². The molecule has 0 atom stereocenters. The first-order chi connectivity index (χ1) is 11.5. The van der Waals surface area contributed by atoms with E-state index in [1.807, 2.05) is 6.07 Å². The lowest BCUT2D eigenvalue weighted by Crippen LogP contribution is -2.40. The monoisotopic (exact) mass is 363 g/mol. The Morgan fingerprint density at radius 3 is 2.58 bits per heavy atom. The number of nitrogens with one attached hydrogen (secondary N) is 3. The highest BCUT2D eigenvalue weighted by Gasteiger charge is 2.14. The number of anilines is 1. The van der Waals surface area contributed by atoms with Gasteiger partial charge in [-0.3, -0.25) is 25.2 Å². The summed E-state index contributed by atoms with van der Waals surface area (Å²) in [5.41, 5.74) is 5.41. The van der Waals surface area contributed by atoms with E-state index in [1.165, 1.54) is 24.3 Å². The van der Waals surface area contributed by atoms with Crippen molar-refractivity contribution in [2.75, 3.05) is 5.32 Å². The fraction of sp³-hybridized carbons (Fsp3) is 0.0625. The topological polar surface area (TPSA) is 87.3 Å². The molecule has 1 aromatic carbocycles. The van der Waals surface area contributed by atoms with Crippen LogP contribution in [0.1, 0.15) is 22.8 Å². The average molecular weight is 364 g/mol. The minimum absolute atomic E-state index is 0.258. The number of halogens is 1. The molecule has 124 valence electrons. The van der Waals surface area contributed by atoms with Gasteiger partial charge in [-0.05, 0) is 29.2 Å². The summed E-state index contributed by atoms with van der Waals surface area (Å²) in [5, 5.41) is 5.20. The summed E-state index contributed by atoms with van der Waals surface area (Å²) in [4.78, 5) is 34.7. The first-order valence-corrected chi connectivity index (χ1v) is 8.11. The normalized spacial score (nSPS) is 10.4. The summed E-state index contributed by atoms with van der Waals surface area (Å²) < 4.78 is 0. The third kappa shape index (κ3) is 4.94. The molecular weight excluding hydrogens is 350 g/mol. The second kappa shape index (κ2) is 8.28. The van der Waals surface area contributed by atoms with Crippen molar-refractivity contribution in [2.45, 2.75) is 6.92 Å². The molecule has 2 rings (SSSR count). The van der Waals surface area contributed by atoms with Crippen molar-refractivity contribution >= 4 is 51.7 Å². The number of hydrogen-bond donors (Lipinski definition) is 3. The lowest BCUT2D eigenvalue weighted by molar-refractivity contribution is -0.119. The van der Waals surface area contributed by atoms with E-state index < -0.39 is 17.7 Å². The molecule has 0 bridgehead atoms. The molecule has 0 aliphatic rings. The van der Waals surface area contributed by atoms with Crippen molar-refractivity contribution in [3.63, 3.8) is 0 Å². The molecule has 0 saturated carbocycles. The maximum atomic E-state index is 12.0. The standard InChI is InChI=1S/C16H14ClN3O3S/c1-10(21)19-20-15(23)12-8-9-24-16(12)18-14(22)7-6-11-4-2-3-5-13(11)17/h2-9H,1H3,(H,18,22)(H,19,21)(H,20,23).